The third kappa shape index (κ3) is 4.00. The fourth-order valence-corrected chi connectivity index (χ4v) is 2.40. The van der Waals surface area contributed by atoms with E-state index in [9.17, 15) is 13.6 Å². The first-order valence-electron chi connectivity index (χ1n) is 7.54. The van der Waals surface area contributed by atoms with Crippen molar-refractivity contribution in [2.75, 3.05) is 5.32 Å². The number of anilines is 1. The highest BCUT2D eigenvalue weighted by atomic mass is 35.5. The molecule has 5 nitrogen and oxygen atoms in total. The molecule has 0 bridgehead atoms. The summed E-state index contributed by atoms with van der Waals surface area (Å²) in [4.78, 5) is 12.4. The highest BCUT2D eigenvalue weighted by molar-refractivity contribution is 6.31. The maximum Gasteiger partial charge on any atom is 0.278 e. The van der Waals surface area contributed by atoms with Gasteiger partial charge in [0.05, 0.1) is 10.6 Å². The van der Waals surface area contributed by atoms with E-state index < -0.39 is 17.5 Å². The molecule has 26 heavy (non-hydrogen) atoms. The lowest BCUT2D eigenvalue weighted by Gasteiger charge is -2.08. The van der Waals surface area contributed by atoms with Gasteiger partial charge >= 0.3 is 0 Å². The van der Waals surface area contributed by atoms with Crippen LogP contribution in [-0.4, -0.2) is 11.1 Å². The van der Waals surface area contributed by atoms with Crippen molar-refractivity contribution in [2.45, 2.75) is 13.5 Å². The van der Waals surface area contributed by atoms with Crippen molar-refractivity contribution in [1.29, 1.82) is 0 Å². The van der Waals surface area contributed by atoms with E-state index in [0.717, 1.165) is 6.07 Å². The second-order valence-corrected chi connectivity index (χ2v) is 5.80. The zero-order valence-electron chi connectivity index (χ0n) is 13.6. The number of nitrogens with zero attached hydrogens (tertiary/aromatic N) is 1. The van der Waals surface area contributed by atoms with Gasteiger partial charge in [0.2, 0.25) is 0 Å². The quantitative estimate of drug-likeness (QED) is 0.696. The molecule has 0 fully saturated rings. The summed E-state index contributed by atoms with van der Waals surface area (Å²) in [5, 5.41) is 6.18. The predicted octanol–water partition coefficient (Wildman–Crippen LogP) is 4.75. The number of ether oxygens (including phenoxy) is 1. The second-order valence-electron chi connectivity index (χ2n) is 5.39. The molecule has 0 saturated carbocycles. The van der Waals surface area contributed by atoms with Crippen molar-refractivity contribution in [3.8, 4) is 5.75 Å². The molecule has 1 heterocycles. The average Bonchev–Trinajstić information content (AvgIpc) is 2.97. The molecule has 0 atom stereocenters. The number of carbonyl (C=O) groups excluding carboxylic acids is 1. The van der Waals surface area contributed by atoms with Crippen LogP contribution in [0.5, 0.6) is 5.75 Å². The lowest BCUT2D eigenvalue weighted by molar-refractivity contribution is 0.101. The Hall–Kier alpha value is -2.93. The first kappa shape index (κ1) is 17.9. The Morgan fingerprint density at radius 2 is 2.08 bits per heavy atom. The molecule has 2 aromatic carbocycles. The summed E-state index contributed by atoms with van der Waals surface area (Å²) in [7, 11) is 0. The summed E-state index contributed by atoms with van der Waals surface area (Å²) in [6, 6.07) is 9.41. The molecule has 0 aliphatic rings. The van der Waals surface area contributed by atoms with Crippen molar-refractivity contribution < 1.29 is 22.8 Å². The van der Waals surface area contributed by atoms with Crippen LogP contribution in [0, 0.1) is 18.6 Å². The molecule has 1 amide bonds. The SMILES string of the molecule is Cc1onc(C(=O)Nc2ccc(F)c(Cl)c2)c1COc1cccc(F)c1. The van der Waals surface area contributed by atoms with Crippen LogP contribution in [0.1, 0.15) is 21.8 Å². The minimum absolute atomic E-state index is 0.0133. The number of benzene rings is 2. The summed E-state index contributed by atoms with van der Waals surface area (Å²) in [5.41, 5.74) is 0.735. The Labute approximate surface area is 152 Å². The molecule has 134 valence electrons. The van der Waals surface area contributed by atoms with Crippen molar-refractivity contribution in [1.82, 2.24) is 5.16 Å². The van der Waals surface area contributed by atoms with Crippen molar-refractivity contribution >= 4 is 23.2 Å². The molecule has 0 aliphatic heterocycles. The van der Waals surface area contributed by atoms with Crippen LogP contribution in [0.25, 0.3) is 0 Å². The van der Waals surface area contributed by atoms with E-state index in [4.69, 9.17) is 20.9 Å². The number of hydrogen-bond donors (Lipinski definition) is 1. The van der Waals surface area contributed by atoms with Crippen molar-refractivity contribution in [2.24, 2.45) is 0 Å². The van der Waals surface area contributed by atoms with E-state index >= 15 is 0 Å². The number of aryl methyl sites for hydroxylation is 1. The Morgan fingerprint density at radius 1 is 1.27 bits per heavy atom. The van der Waals surface area contributed by atoms with E-state index in [-0.39, 0.29) is 17.3 Å². The molecule has 0 aliphatic carbocycles. The maximum atomic E-state index is 13.2. The van der Waals surface area contributed by atoms with Crippen LogP contribution in [0.4, 0.5) is 14.5 Å². The van der Waals surface area contributed by atoms with E-state index in [1.165, 1.54) is 30.3 Å². The van der Waals surface area contributed by atoms with Crippen LogP contribution in [0.15, 0.2) is 47.0 Å². The Kier molecular flexibility index (Phi) is 5.18. The first-order valence-corrected chi connectivity index (χ1v) is 7.92. The van der Waals surface area contributed by atoms with Gasteiger partial charge in [0.15, 0.2) is 5.69 Å². The molecular weight excluding hydrogens is 366 g/mol. The third-order valence-corrected chi connectivity index (χ3v) is 3.85. The van der Waals surface area contributed by atoms with Gasteiger partial charge in [0, 0.05) is 11.8 Å². The number of aromatic nitrogens is 1. The van der Waals surface area contributed by atoms with E-state index in [1.807, 2.05) is 0 Å². The highest BCUT2D eigenvalue weighted by Gasteiger charge is 2.21. The summed E-state index contributed by atoms with van der Waals surface area (Å²) >= 11 is 5.70. The summed E-state index contributed by atoms with van der Waals surface area (Å²) < 4.78 is 37.0. The average molecular weight is 379 g/mol. The summed E-state index contributed by atoms with van der Waals surface area (Å²) in [6.45, 7) is 1.59. The zero-order chi connectivity index (χ0) is 18.7. The molecule has 0 spiro atoms. The monoisotopic (exact) mass is 378 g/mol. The van der Waals surface area contributed by atoms with Gasteiger partial charge in [-0.2, -0.15) is 0 Å². The number of hydrogen-bond acceptors (Lipinski definition) is 4. The smallest absolute Gasteiger partial charge is 0.278 e. The number of nitrogens with one attached hydrogen (secondary N) is 1. The zero-order valence-corrected chi connectivity index (χ0v) is 14.3. The largest absolute Gasteiger partial charge is 0.489 e. The lowest BCUT2D eigenvalue weighted by atomic mass is 10.2. The van der Waals surface area contributed by atoms with Gasteiger partial charge in [-0.1, -0.05) is 22.8 Å². The van der Waals surface area contributed by atoms with Gasteiger partial charge in [-0.3, -0.25) is 4.79 Å². The molecule has 0 saturated heterocycles. The van der Waals surface area contributed by atoms with Gasteiger partial charge in [-0.25, -0.2) is 8.78 Å². The van der Waals surface area contributed by atoms with E-state index in [1.54, 1.807) is 13.0 Å². The predicted molar refractivity (Wildman–Crippen MR) is 91.3 cm³/mol. The number of rotatable bonds is 5. The molecule has 0 radical (unpaired) electrons. The van der Waals surface area contributed by atoms with Gasteiger partial charge in [-0.05, 0) is 37.3 Å². The maximum absolute atomic E-state index is 13.2. The summed E-state index contributed by atoms with van der Waals surface area (Å²) in [5.74, 6) is -0.893. The number of carbonyl (C=O) groups is 1. The van der Waals surface area contributed by atoms with Crippen LogP contribution >= 0.6 is 11.6 Å². The van der Waals surface area contributed by atoms with Crippen molar-refractivity contribution in [3.63, 3.8) is 0 Å². The van der Waals surface area contributed by atoms with Crippen LogP contribution < -0.4 is 10.1 Å². The summed E-state index contributed by atoms with van der Waals surface area (Å²) in [6.07, 6.45) is 0. The second kappa shape index (κ2) is 7.53. The van der Waals surface area contributed by atoms with E-state index in [2.05, 4.69) is 10.5 Å². The molecule has 1 aromatic heterocycles. The lowest BCUT2D eigenvalue weighted by Crippen LogP contribution is -2.15. The molecular formula is C18H13ClF2N2O3. The Balaban J connectivity index is 1.76. The standard InChI is InChI=1S/C18H13ClF2N2O3/c1-10-14(9-25-13-4-2-3-11(20)7-13)17(23-26-10)18(24)22-12-5-6-16(21)15(19)8-12/h2-8H,9H2,1H3,(H,22,24). The highest BCUT2D eigenvalue weighted by Crippen LogP contribution is 2.22. The normalized spacial score (nSPS) is 10.6. The van der Waals surface area contributed by atoms with Crippen LogP contribution in [0.2, 0.25) is 5.02 Å². The molecule has 8 heteroatoms. The minimum Gasteiger partial charge on any atom is -0.489 e. The van der Waals surface area contributed by atoms with Crippen LogP contribution in [0.3, 0.4) is 0 Å². The van der Waals surface area contributed by atoms with Gasteiger partial charge in [-0.15, -0.1) is 0 Å². The molecule has 3 aromatic rings. The van der Waals surface area contributed by atoms with Crippen LogP contribution in [-0.2, 0) is 6.61 Å². The van der Waals surface area contributed by atoms with Gasteiger partial charge in [0.25, 0.3) is 5.91 Å². The first-order chi connectivity index (χ1) is 12.4. The fourth-order valence-electron chi connectivity index (χ4n) is 2.22. The topological polar surface area (TPSA) is 64.4 Å². The van der Waals surface area contributed by atoms with Gasteiger partial charge < -0.3 is 14.6 Å². The van der Waals surface area contributed by atoms with Gasteiger partial charge in [0.1, 0.15) is 29.8 Å². The fraction of sp³-hybridized carbons (Fsp3) is 0.111. The van der Waals surface area contributed by atoms with E-state index in [0.29, 0.717) is 22.8 Å². The minimum atomic E-state index is -0.592. The Morgan fingerprint density at radius 3 is 2.81 bits per heavy atom. The van der Waals surface area contributed by atoms with Crippen molar-refractivity contribution in [3.05, 3.63) is 76.1 Å². The number of halogens is 3. The molecule has 1 N–H and O–H groups in total. The third-order valence-electron chi connectivity index (χ3n) is 3.56. The molecule has 0 unspecified atom stereocenters. The molecule has 3 rings (SSSR count). The Bertz CT molecular complexity index is 959. The number of amides is 1.